The first-order valence-corrected chi connectivity index (χ1v) is 7.72. The van der Waals surface area contributed by atoms with Gasteiger partial charge in [-0.1, -0.05) is 19.3 Å². The minimum atomic E-state index is -0.539. The molecule has 0 amide bonds. The largest absolute Gasteiger partial charge is 0.466 e. The number of hydrogen-bond acceptors (Lipinski definition) is 5. The molecule has 0 aromatic rings. The van der Waals surface area contributed by atoms with Crippen molar-refractivity contribution in [3.05, 3.63) is 0 Å². The Morgan fingerprint density at radius 3 is 2.30 bits per heavy atom. The maximum Gasteiger partial charge on any atom is 0.326 e. The van der Waals surface area contributed by atoms with E-state index < -0.39 is 5.54 Å². The van der Waals surface area contributed by atoms with Crippen LogP contribution in [-0.2, 0) is 19.1 Å². The third-order valence-electron chi connectivity index (χ3n) is 3.70. The molecule has 0 aromatic heterocycles. The molecule has 1 saturated carbocycles. The van der Waals surface area contributed by atoms with E-state index in [2.05, 4.69) is 5.32 Å². The zero-order chi connectivity index (χ0) is 14.8. The fourth-order valence-corrected chi connectivity index (χ4v) is 2.67. The van der Waals surface area contributed by atoms with Crippen molar-refractivity contribution < 1.29 is 19.1 Å². The third-order valence-corrected chi connectivity index (χ3v) is 3.70. The van der Waals surface area contributed by atoms with Crippen LogP contribution in [0, 0.1) is 0 Å². The van der Waals surface area contributed by atoms with Gasteiger partial charge in [0.05, 0.1) is 13.2 Å². The first-order chi connectivity index (χ1) is 9.64. The predicted molar refractivity (Wildman–Crippen MR) is 76.3 cm³/mol. The predicted octanol–water partition coefficient (Wildman–Crippen LogP) is 2.19. The number of carbonyl (C=O) groups is 2. The van der Waals surface area contributed by atoms with Gasteiger partial charge in [0, 0.05) is 6.42 Å². The van der Waals surface area contributed by atoms with E-state index in [9.17, 15) is 9.59 Å². The molecule has 1 aliphatic carbocycles. The molecule has 5 nitrogen and oxygen atoms in total. The normalized spacial score (nSPS) is 17.5. The zero-order valence-corrected chi connectivity index (χ0v) is 12.7. The summed E-state index contributed by atoms with van der Waals surface area (Å²) in [6, 6.07) is 0. The van der Waals surface area contributed by atoms with Crippen LogP contribution in [0.15, 0.2) is 0 Å². The fraction of sp³-hybridized carbons (Fsp3) is 0.867. The molecule has 0 saturated heterocycles. The maximum absolute atomic E-state index is 12.2. The average molecular weight is 285 g/mol. The van der Waals surface area contributed by atoms with Crippen LogP contribution in [0.3, 0.4) is 0 Å². The summed E-state index contributed by atoms with van der Waals surface area (Å²) in [6.45, 7) is 5.09. The second kappa shape index (κ2) is 8.95. The lowest BCUT2D eigenvalue weighted by Gasteiger charge is -2.35. The molecule has 1 fully saturated rings. The highest BCUT2D eigenvalue weighted by molar-refractivity contribution is 5.81. The number of ether oxygens (including phenoxy) is 2. The lowest BCUT2D eigenvalue weighted by atomic mass is 9.81. The molecule has 0 radical (unpaired) electrons. The van der Waals surface area contributed by atoms with Crippen molar-refractivity contribution in [2.75, 3.05) is 19.8 Å². The van der Waals surface area contributed by atoms with Gasteiger partial charge in [-0.25, -0.2) is 0 Å². The molecular formula is C15H27NO4. The molecule has 0 atom stereocenters. The van der Waals surface area contributed by atoms with E-state index in [1.54, 1.807) is 6.92 Å². The minimum Gasteiger partial charge on any atom is -0.466 e. The molecule has 0 bridgehead atoms. The van der Waals surface area contributed by atoms with E-state index in [-0.39, 0.29) is 11.9 Å². The van der Waals surface area contributed by atoms with Crippen LogP contribution in [0.25, 0.3) is 0 Å². The molecule has 1 rings (SSSR count). The van der Waals surface area contributed by atoms with Crippen molar-refractivity contribution in [3.8, 4) is 0 Å². The van der Waals surface area contributed by atoms with Crippen LogP contribution in [0.2, 0.25) is 0 Å². The van der Waals surface area contributed by atoms with Crippen LogP contribution >= 0.6 is 0 Å². The average Bonchev–Trinajstić information content (AvgIpc) is 2.45. The van der Waals surface area contributed by atoms with Crippen LogP contribution in [0.1, 0.15) is 58.8 Å². The Balaban J connectivity index is 2.41. The molecule has 0 heterocycles. The summed E-state index contributed by atoms with van der Waals surface area (Å²) in [5.74, 6) is -0.320. The molecule has 0 spiro atoms. The van der Waals surface area contributed by atoms with Gasteiger partial charge in [0.25, 0.3) is 0 Å². The molecule has 116 valence electrons. The van der Waals surface area contributed by atoms with Crippen molar-refractivity contribution in [1.82, 2.24) is 5.32 Å². The van der Waals surface area contributed by atoms with E-state index in [1.165, 1.54) is 6.42 Å². The van der Waals surface area contributed by atoms with Gasteiger partial charge in [-0.05, 0) is 39.7 Å². The number of nitrogens with one attached hydrogen (secondary N) is 1. The van der Waals surface area contributed by atoms with E-state index >= 15 is 0 Å². The first kappa shape index (κ1) is 17.0. The van der Waals surface area contributed by atoms with Gasteiger partial charge < -0.3 is 14.8 Å². The molecule has 20 heavy (non-hydrogen) atoms. The Bertz CT molecular complexity index is 311. The van der Waals surface area contributed by atoms with Crippen molar-refractivity contribution in [2.24, 2.45) is 0 Å². The molecule has 1 N–H and O–H groups in total. The van der Waals surface area contributed by atoms with Crippen molar-refractivity contribution >= 4 is 11.9 Å². The fourth-order valence-electron chi connectivity index (χ4n) is 2.67. The summed E-state index contributed by atoms with van der Waals surface area (Å²) < 4.78 is 10.1. The SMILES string of the molecule is CCOC(=O)CCCNC1(C(=O)OCC)CCCCC1. The molecule has 5 heteroatoms. The molecule has 0 aromatic carbocycles. The lowest BCUT2D eigenvalue weighted by Crippen LogP contribution is -2.54. The quantitative estimate of drug-likeness (QED) is 0.547. The van der Waals surface area contributed by atoms with Crippen LogP contribution in [0.5, 0.6) is 0 Å². The van der Waals surface area contributed by atoms with Crippen LogP contribution in [-0.4, -0.2) is 37.2 Å². The molecular weight excluding hydrogens is 258 g/mol. The standard InChI is InChI=1S/C15H27NO4/c1-3-19-13(17)9-8-12-16-15(14(18)20-4-2)10-6-5-7-11-15/h16H,3-12H2,1-2H3. The van der Waals surface area contributed by atoms with E-state index in [1.807, 2.05) is 6.92 Å². The van der Waals surface area contributed by atoms with Gasteiger partial charge in [0.1, 0.15) is 5.54 Å². The first-order valence-electron chi connectivity index (χ1n) is 7.72. The van der Waals surface area contributed by atoms with Gasteiger partial charge in [-0.2, -0.15) is 0 Å². The third kappa shape index (κ3) is 5.12. The Hall–Kier alpha value is -1.10. The Kier molecular flexibility index (Phi) is 7.59. The number of hydrogen-bond donors (Lipinski definition) is 1. The second-order valence-electron chi connectivity index (χ2n) is 5.20. The van der Waals surface area contributed by atoms with Gasteiger partial charge in [-0.15, -0.1) is 0 Å². The lowest BCUT2D eigenvalue weighted by molar-refractivity contribution is -0.152. The summed E-state index contributed by atoms with van der Waals surface area (Å²) in [5, 5.41) is 3.33. The highest BCUT2D eigenvalue weighted by Gasteiger charge is 2.40. The maximum atomic E-state index is 12.2. The van der Waals surface area contributed by atoms with Gasteiger partial charge in [0.15, 0.2) is 0 Å². The van der Waals surface area contributed by atoms with Gasteiger partial charge in [0.2, 0.25) is 0 Å². The minimum absolute atomic E-state index is 0.143. The van der Waals surface area contributed by atoms with Crippen molar-refractivity contribution in [1.29, 1.82) is 0 Å². The van der Waals surface area contributed by atoms with Gasteiger partial charge >= 0.3 is 11.9 Å². The Labute approximate surface area is 121 Å². The summed E-state index contributed by atoms with van der Waals surface area (Å²) >= 11 is 0. The van der Waals surface area contributed by atoms with Crippen molar-refractivity contribution in [3.63, 3.8) is 0 Å². The summed E-state index contributed by atoms with van der Waals surface area (Å²) in [5.41, 5.74) is -0.539. The highest BCUT2D eigenvalue weighted by Crippen LogP contribution is 2.29. The van der Waals surface area contributed by atoms with E-state index in [4.69, 9.17) is 9.47 Å². The second-order valence-corrected chi connectivity index (χ2v) is 5.20. The monoisotopic (exact) mass is 285 g/mol. The van der Waals surface area contributed by atoms with Crippen LogP contribution < -0.4 is 5.32 Å². The highest BCUT2D eigenvalue weighted by atomic mass is 16.5. The zero-order valence-electron chi connectivity index (χ0n) is 12.7. The van der Waals surface area contributed by atoms with Crippen LogP contribution in [0.4, 0.5) is 0 Å². The van der Waals surface area contributed by atoms with Crippen molar-refractivity contribution in [2.45, 2.75) is 64.3 Å². The summed E-state index contributed by atoms with van der Waals surface area (Å²) in [6.07, 6.45) is 5.98. The van der Waals surface area contributed by atoms with E-state index in [0.717, 1.165) is 25.7 Å². The van der Waals surface area contributed by atoms with E-state index in [0.29, 0.717) is 32.6 Å². The molecule has 1 aliphatic rings. The topological polar surface area (TPSA) is 64.6 Å². The molecule has 0 aliphatic heterocycles. The van der Waals surface area contributed by atoms with Gasteiger partial charge in [-0.3, -0.25) is 9.59 Å². The molecule has 0 unspecified atom stereocenters. The smallest absolute Gasteiger partial charge is 0.326 e. The summed E-state index contributed by atoms with van der Waals surface area (Å²) in [7, 11) is 0. The number of esters is 2. The Morgan fingerprint density at radius 1 is 1.05 bits per heavy atom. The Morgan fingerprint density at radius 2 is 1.70 bits per heavy atom. The number of carbonyl (C=O) groups excluding carboxylic acids is 2. The summed E-state index contributed by atoms with van der Waals surface area (Å²) in [4.78, 5) is 23.4. The number of rotatable bonds is 8.